The molecular weight excluding hydrogens is 264 g/mol. The molecule has 1 aliphatic rings. The van der Waals surface area contributed by atoms with Gasteiger partial charge in [0.25, 0.3) is 0 Å². The summed E-state index contributed by atoms with van der Waals surface area (Å²) in [6, 6.07) is 11.9. The highest BCUT2D eigenvalue weighted by Gasteiger charge is 2.26. The summed E-state index contributed by atoms with van der Waals surface area (Å²) < 4.78 is 0. The van der Waals surface area contributed by atoms with Crippen molar-refractivity contribution in [1.29, 1.82) is 0 Å². The lowest BCUT2D eigenvalue weighted by Gasteiger charge is -2.32. The van der Waals surface area contributed by atoms with Crippen LogP contribution in [0.25, 0.3) is 0 Å². The summed E-state index contributed by atoms with van der Waals surface area (Å²) in [6.45, 7) is 2.36. The lowest BCUT2D eigenvalue weighted by Crippen LogP contribution is -2.36. The lowest BCUT2D eigenvalue weighted by atomic mass is 10.1. The molecule has 108 valence electrons. The molecule has 21 heavy (non-hydrogen) atoms. The maximum Gasteiger partial charge on any atom is 0.244 e. The van der Waals surface area contributed by atoms with Crippen molar-refractivity contribution in [3.8, 4) is 0 Å². The average Bonchev–Trinajstić information content (AvgIpc) is 2.53. The summed E-state index contributed by atoms with van der Waals surface area (Å²) in [5.74, 6) is 0.795. The molecule has 5 heteroatoms. The molecule has 1 aromatic carbocycles. The van der Waals surface area contributed by atoms with E-state index in [9.17, 15) is 4.79 Å². The maximum atomic E-state index is 12.0. The summed E-state index contributed by atoms with van der Waals surface area (Å²) >= 11 is 0. The molecule has 1 atom stereocenters. The highest BCUT2D eigenvalue weighted by atomic mass is 16.2. The second-order valence-electron chi connectivity index (χ2n) is 5.08. The Morgan fingerprint density at radius 3 is 2.90 bits per heavy atom. The Kier molecular flexibility index (Phi) is 3.58. The quantitative estimate of drug-likeness (QED) is 0.908. The molecule has 3 rings (SSSR count). The standard InChI is InChI=1S/C16H18N4O/c1-11(17-2)12-6-5-9-18-16(12)20-10-15(21)19-13-7-3-4-8-14(13)20/h3-9,11,17H,10H2,1-2H3,(H,19,21). The average molecular weight is 282 g/mol. The van der Waals surface area contributed by atoms with Crippen molar-refractivity contribution in [2.75, 3.05) is 23.8 Å². The van der Waals surface area contributed by atoms with Gasteiger partial charge in [0.05, 0.1) is 11.4 Å². The number of hydrogen-bond acceptors (Lipinski definition) is 4. The zero-order chi connectivity index (χ0) is 14.8. The van der Waals surface area contributed by atoms with Gasteiger partial charge in [0.15, 0.2) is 0 Å². The summed E-state index contributed by atoms with van der Waals surface area (Å²) in [6.07, 6.45) is 1.76. The molecule has 0 aliphatic carbocycles. The van der Waals surface area contributed by atoms with Crippen LogP contribution in [-0.2, 0) is 4.79 Å². The van der Waals surface area contributed by atoms with Gasteiger partial charge in [-0.3, -0.25) is 4.79 Å². The van der Waals surface area contributed by atoms with Crippen molar-refractivity contribution in [2.24, 2.45) is 0 Å². The number of hydrogen-bond donors (Lipinski definition) is 2. The van der Waals surface area contributed by atoms with E-state index in [1.54, 1.807) is 6.20 Å². The summed E-state index contributed by atoms with van der Waals surface area (Å²) in [4.78, 5) is 18.4. The van der Waals surface area contributed by atoms with Crippen LogP contribution < -0.4 is 15.5 Å². The number of nitrogens with zero attached hydrogens (tertiary/aromatic N) is 2. The second-order valence-corrected chi connectivity index (χ2v) is 5.08. The van der Waals surface area contributed by atoms with Gasteiger partial charge in [-0.1, -0.05) is 18.2 Å². The number of carbonyl (C=O) groups is 1. The molecule has 0 fully saturated rings. The number of carbonyl (C=O) groups excluding carboxylic acids is 1. The van der Waals surface area contributed by atoms with Crippen LogP contribution in [0.2, 0.25) is 0 Å². The number of aromatic nitrogens is 1. The third-order valence-electron chi connectivity index (χ3n) is 3.74. The van der Waals surface area contributed by atoms with Crippen molar-refractivity contribution in [3.63, 3.8) is 0 Å². The first kappa shape index (κ1) is 13.6. The van der Waals surface area contributed by atoms with Crippen LogP contribution in [0, 0.1) is 0 Å². The third kappa shape index (κ3) is 2.48. The number of para-hydroxylation sites is 2. The normalized spacial score (nSPS) is 15.3. The molecule has 1 aliphatic heterocycles. The fraction of sp³-hybridized carbons (Fsp3) is 0.250. The maximum absolute atomic E-state index is 12.0. The lowest BCUT2D eigenvalue weighted by molar-refractivity contribution is -0.115. The fourth-order valence-corrected chi connectivity index (χ4v) is 2.55. The number of benzene rings is 1. The third-order valence-corrected chi connectivity index (χ3v) is 3.74. The van der Waals surface area contributed by atoms with Crippen LogP contribution in [0.3, 0.4) is 0 Å². The molecule has 2 N–H and O–H groups in total. The van der Waals surface area contributed by atoms with Crippen LogP contribution in [-0.4, -0.2) is 24.5 Å². The van der Waals surface area contributed by atoms with Gasteiger partial charge >= 0.3 is 0 Å². The summed E-state index contributed by atoms with van der Waals surface area (Å²) in [5, 5.41) is 6.13. The van der Waals surface area contributed by atoms with Gasteiger partial charge in [0, 0.05) is 17.8 Å². The summed E-state index contributed by atoms with van der Waals surface area (Å²) in [5.41, 5.74) is 2.87. The molecule has 1 amide bonds. The molecule has 5 nitrogen and oxygen atoms in total. The second kappa shape index (κ2) is 5.54. The van der Waals surface area contributed by atoms with Gasteiger partial charge in [-0.05, 0) is 32.2 Å². The van der Waals surface area contributed by atoms with E-state index in [1.807, 2.05) is 48.3 Å². The highest BCUT2D eigenvalue weighted by Crippen LogP contribution is 2.36. The van der Waals surface area contributed by atoms with E-state index in [0.717, 1.165) is 22.8 Å². The molecular formula is C16H18N4O. The van der Waals surface area contributed by atoms with Crippen LogP contribution in [0.5, 0.6) is 0 Å². The van der Waals surface area contributed by atoms with E-state index in [-0.39, 0.29) is 18.5 Å². The molecule has 0 radical (unpaired) electrons. The Balaban J connectivity index is 2.11. The number of fused-ring (bicyclic) bond motifs is 1. The number of rotatable bonds is 3. The first-order chi connectivity index (χ1) is 10.2. The zero-order valence-corrected chi connectivity index (χ0v) is 12.1. The molecule has 2 heterocycles. The smallest absolute Gasteiger partial charge is 0.244 e. The van der Waals surface area contributed by atoms with Crippen molar-refractivity contribution in [2.45, 2.75) is 13.0 Å². The number of anilines is 3. The Morgan fingerprint density at radius 1 is 1.29 bits per heavy atom. The van der Waals surface area contributed by atoms with Gasteiger partial charge in [-0.25, -0.2) is 4.98 Å². The van der Waals surface area contributed by atoms with E-state index >= 15 is 0 Å². The molecule has 2 aromatic rings. The van der Waals surface area contributed by atoms with E-state index in [1.165, 1.54) is 0 Å². The number of amides is 1. The zero-order valence-electron chi connectivity index (χ0n) is 12.1. The van der Waals surface area contributed by atoms with E-state index in [0.29, 0.717) is 0 Å². The minimum Gasteiger partial charge on any atom is -0.323 e. The predicted octanol–water partition coefficient (Wildman–Crippen LogP) is 2.45. The van der Waals surface area contributed by atoms with Gasteiger partial charge in [-0.15, -0.1) is 0 Å². The van der Waals surface area contributed by atoms with Gasteiger partial charge in [-0.2, -0.15) is 0 Å². The van der Waals surface area contributed by atoms with Gasteiger partial charge in [0.2, 0.25) is 5.91 Å². The predicted molar refractivity (Wildman–Crippen MR) is 83.8 cm³/mol. The first-order valence-electron chi connectivity index (χ1n) is 6.99. The molecule has 1 unspecified atom stereocenters. The fourth-order valence-electron chi connectivity index (χ4n) is 2.55. The van der Waals surface area contributed by atoms with Crippen LogP contribution >= 0.6 is 0 Å². The Hall–Kier alpha value is -2.40. The van der Waals surface area contributed by atoms with E-state index in [4.69, 9.17) is 0 Å². The van der Waals surface area contributed by atoms with Crippen LogP contribution in [0.4, 0.5) is 17.2 Å². The molecule has 0 saturated carbocycles. The van der Waals surface area contributed by atoms with Crippen molar-refractivity contribution < 1.29 is 4.79 Å². The van der Waals surface area contributed by atoms with Crippen molar-refractivity contribution in [1.82, 2.24) is 10.3 Å². The van der Waals surface area contributed by atoms with Crippen LogP contribution in [0.1, 0.15) is 18.5 Å². The SMILES string of the molecule is CNC(C)c1cccnc1N1CC(=O)Nc2ccccc21. The van der Waals surface area contributed by atoms with Gasteiger partial charge in [0.1, 0.15) is 12.4 Å². The Labute approximate surface area is 124 Å². The minimum absolute atomic E-state index is 0.0255. The number of nitrogens with one attached hydrogen (secondary N) is 2. The van der Waals surface area contributed by atoms with Gasteiger partial charge < -0.3 is 15.5 Å². The highest BCUT2D eigenvalue weighted by molar-refractivity contribution is 6.03. The van der Waals surface area contributed by atoms with Crippen molar-refractivity contribution >= 4 is 23.1 Å². The molecule has 0 saturated heterocycles. The monoisotopic (exact) mass is 282 g/mol. The van der Waals surface area contributed by atoms with Crippen LogP contribution in [0.15, 0.2) is 42.6 Å². The van der Waals surface area contributed by atoms with E-state index in [2.05, 4.69) is 22.5 Å². The largest absolute Gasteiger partial charge is 0.323 e. The Morgan fingerprint density at radius 2 is 2.10 bits per heavy atom. The van der Waals surface area contributed by atoms with Crippen molar-refractivity contribution in [3.05, 3.63) is 48.2 Å². The number of pyridine rings is 1. The first-order valence-corrected chi connectivity index (χ1v) is 6.99. The molecule has 0 bridgehead atoms. The molecule has 0 spiro atoms. The Bertz CT molecular complexity index is 671. The summed E-state index contributed by atoms with van der Waals surface area (Å²) in [7, 11) is 1.91. The molecule has 1 aromatic heterocycles. The topological polar surface area (TPSA) is 57.3 Å². The van der Waals surface area contributed by atoms with E-state index < -0.39 is 0 Å². The minimum atomic E-state index is -0.0255.